The maximum atomic E-state index is 13.8. The highest BCUT2D eigenvalue weighted by atomic mass is 19.2. The van der Waals surface area contributed by atoms with Gasteiger partial charge in [0.1, 0.15) is 13.2 Å². The van der Waals surface area contributed by atoms with Crippen molar-refractivity contribution in [2.75, 3.05) is 13.2 Å². The summed E-state index contributed by atoms with van der Waals surface area (Å²) in [6.45, 7) is 0.702. The second kappa shape index (κ2) is 3.57. The summed E-state index contributed by atoms with van der Waals surface area (Å²) in [6.07, 6.45) is 1.96. The van der Waals surface area contributed by atoms with E-state index in [-0.39, 0.29) is 11.3 Å². The first-order chi connectivity index (χ1) is 8.09. The quantitative estimate of drug-likeness (QED) is 0.858. The molecule has 0 radical (unpaired) electrons. The Balaban J connectivity index is 2.06. The van der Waals surface area contributed by atoms with Gasteiger partial charge in [0.15, 0.2) is 23.1 Å². The Kier molecular flexibility index (Phi) is 2.26. The zero-order valence-electron chi connectivity index (χ0n) is 9.26. The van der Waals surface area contributed by atoms with Crippen molar-refractivity contribution in [2.45, 2.75) is 24.8 Å². The normalized spacial score (nSPS) is 20.2. The van der Waals surface area contributed by atoms with Gasteiger partial charge in [-0.15, -0.1) is 0 Å². The highest BCUT2D eigenvalue weighted by Crippen LogP contribution is 2.43. The molecule has 0 amide bonds. The van der Waals surface area contributed by atoms with E-state index in [9.17, 15) is 8.78 Å². The second-order valence-electron chi connectivity index (χ2n) is 4.71. The lowest BCUT2D eigenvalue weighted by atomic mass is 10.0. The molecule has 1 saturated carbocycles. The molecule has 1 aliphatic heterocycles. The van der Waals surface area contributed by atoms with Crippen LogP contribution in [-0.4, -0.2) is 18.8 Å². The molecule has 0 bridgehead atoms. The molecule has 3 rings (SSSR count). The fourth-order valence-corrected chi connectivity index (χ4v) is 2.04. The average Bonchev–Trinajstić information content (AvgIpc) is 3.03. The number of rotatable bonds is 2. The van der Waals surface area contributed by atoms with Gasteiger partial charge in [-0.2, -0.15) is 0 Å². The number of ether oxygens (including phenoxy) is 2. The van der Waals surface area contributed by atoms with Gasteiger partial charge in [-0.25, -0.2) is 8.78 Å². The summed E-state index contributed by atoms with van der Waals surface area (Å²) in [7, 11) is 0. The van der Waals surface area contributed by atoms with Crippen LogP contribution >= 0.6 is 0 Å². The third-order valence-electron chi connectivity index (χ3n) is 3.24. The van der Waals surface area contributed by atoms with Crippen molar-refractivity contribution in [1.82, 2.24) is 0 Å². The average molecular weight is 241 g/mol. The van der Waals surface area contributed by atoms with E-state index < -0.39 is 17.2 Å². The van der Waals surface area contributed by atoms with Crippen molar-refractivity contribution in [3.05, 3.63) is 23.3 Å². The Morgan fingerprint density at radius 3 is 2.65 bits per heavy atom. The van der Waals surface area contributed by atoms with Gasteiger partial charge in [-0.1, -0.05) is 0 Å². The van der Waals surface area contributed by atoms with Crippen molar-refractivity contribution in [3.63, 3.8) is 0 Å². The molecule has 3 nitrogen and oxygen atoms in total. The zero-order valence-corrected chi connectivity index (χ0v) is 9.26. The van der Waals surface area contributed by atoms with Crippen LogP contribution in [0, 0.1) is 11.6 Å². The molecule has 1 aliphatic carbocycles. The minimum Gasteiger partial charge on any atom is -0.486 e. The van der Waals surface area contributed by atoms with Crippen LogP contribution in [-0.2, 0) is 6.42 Å². The van der Waals surface area contributed by atoms with Crippen LogP contribution in [0.25, 0.3) is 0 Å². The van der Waals surface area contributed by atoms with Gasteiger partial charge in [0, 0.05) is 17.2 Å². The number of halogens is 2. The summed E-state index contributed by atoms with van der Waals surface area (Å²) in [5, 5.41) is 0. The summed E-state index contributed by atoms with van der Waals surface area (Å²) >= 11 is 0. The van der Waals surface area contributed by atoms with E-state index in [0.29, 0.717) is 25.4 Å². The molecule has 1 aromatic carbocycles. The fourth-order valence-electron chi connectivity index (χ4n) is 2.04. The Bertz CT molecular complexity index is 472. The summed E-state index contributed by atoms with van der Waals surface area (Å²) in [5.41, 5.74) is 5.75. The van der Waals surface area contributed by atoms with E-state index >= 15 is 0 Å². The highest BCUT2D eigenvalue weighted by Gasteiger charge is 2.40. The van der Waals surface area contributed by atoms with E-state index in [2.05, 4.69) is 0 Å². The van der Waals surface area contributed by atoms with E-state index in [1.165, 1.54) is 0 Å². The smallest absolute Gasteiger partial charge is 0.167 e. The van der Waals surface area contributed by atoms with Crippen molar-refractivity contribution in [2.24, 2.45) is 5.73 Å². The van der Waals surface area contributed by atoms with Gasteiger partial charge >= 0.3 is 0 Å². The molecule has 17 heavy (non-hydrogen) atoms. The van der Waals surface area contributed by atoms with Crippen LogP contribution in [0.15, 0.2) is 6.07 Å². The van der Waals surface area contributed by atoms with Crippen LogP contribution in [0.2, 0.25) is 0 Å². The molecule has 0 aromatic heterocycles. The third-order valence-corrected chi connectivity index (χ3v) is 3.24. The predicted octanol–water partition coefficient (Wildman–Crippen LogP) is 1.77. The van der Waals surface area contributed by atoms with E-state index in [1.807, 2.05) is 0 Å². The first-order valence-corrected chi connectivity index (χ1v) is 5.64. The molecule has 1 heterocycles. The molecule has 1 aromatic rings. The maximum Gasteiger partial charge on any atom is 0.167 e. The molecule has 0 saturated heterocycles. The maximum absolute atomic E-state index is 13.8. The number of benzene rings is 1. The summed E-state index contributed by atoms with van der Waals surface area (Å²) in [5.74, 6) is -1.19. The Labute approximate surface area is 97.5 Å². The SMILES string of the molecule is NC1(Cc2c(F)c(F)cc3c2OCCO3)CC1. The molecule has 2 aliphatic rings. The number of nitrogens with two attached hydrogens (primary N) is 1. The molecule has 0 spiro atoms. The lowest BCUT2D eigenvalue weighted by Crippen LogP contribution is -2.27. The van der Waals surface area contributed by atoms with Crippen molar-refractivity contribution >= 4 is 0 Å². The molecule has 1 fully saturated rings. The van der Waals surface area contributed by atoms with E-state index in [0.717, 1.165) is 18.9 Å². The topological polar surface area (TPSA) is 44.5 Å². The van der Waals surface area contributed by atoms with Gasteiger partial charge in [0.2, 0.25) is 0 Å². The third kappa shape index (κ3) is 1.84. The molecule has 0 unspecified atom stereocenters. The van der Waals surface area contributed by atoms with E-state index in [1.54, 1.807) is 0 Å². The molecule has 92 valence electrons. The summed E-state index contributed by atoms with van der Waals surface area (Å²) in [6, 6.07) is 1.03. The first-order valence-electron chi connectivity index (χ1n) is 5.64. The van der Waals surface area contributed by atoms with Gasteiger partial charge < -0.3 is 15.2 Å². The first kappa shape index (κ1) is 10.8. The monoisotopic (exact) mass is 241 g/mol. The van der Waals surface area contributed by atoms with Gasteiger partial charge in [0.05, 0.1) is 0 Å². The Hall–Kier alpha value is -1.36. The lowest BCUT2D eigenvalue weighted by molar-refractivity contribution is 0.167. The minimum absolute atomic E-state index is 0.208. The second-order valence-corrected chi connectivity index (χ2v) is 4.71. The summed E-state index contributed by atoms with van der Waals surface area (Å²) < 4.78 is 37.8. The standard InChI is InChI=1S/C12H13F2NO2/c13-8-5-9-11(17-4-3-16-9)7(10(8)14)6-12(15)1-2-12/h5H,1-4,6,15H2. The molecule has 0 atom stereocenters. The molecule has 2 N–H and O–H groups in total. The van der Waals surface area contributed by atoms with Crippen molar-refractivity contribution in [3.8, 4) is 11.5 Å². The van der Waals surface area contributed by atoms with E-state index in [4.69, 9.17) is 15.2 Å². The largest absolute Gasteiger partial charge is 0.486 e. The number of hydrogen-bond acceptors (Lipinski definition) is 3. The zero-order chi connectivity index (χ0) is 12.0. The van der Waals surface area contributed by atoms with Crippen LogP contribution in [0.3, 0.4) is 0 Å². The fraction of sp³-hybridized carbons (Fsp3) is 0.500. The van der Waals surface area contributed by atoms with Gasteiger partial charge in [-0.05, 0) is 19.3 Å². The number of fused-ring (bicyclic) bond motifs is 1. The minimum atomic E-state index is -0.909. The van der Waals surface area contributed by atoms with Gasteiger partial charge in [-0.3, -0.25) is 0 Å². The highest BCUT2D eigenvalue weighted by molar-refractivity contribution is 5.49. The van der Waals surface area contributed by atoms with Crippen molar-refractivity contribution in [1.29, 1.82) is 0 Å². The van der Waals surface area contributed by atoms with Crippen LogP contribution in [0.4, 0.5) is 8.78 Å². The van der Waals surface area contributed by atoms with Crippen LogP contribution < -0.4 is 15.2 Å². The Morgan fingerprint density at radius 2 is 1.94 bits per heavy atom. The van der Waals surface area contributed by atoms with Crippen LogP contribution in [0.5, 0.6) is 11.5 Å². The molecular weight excluding hydrogens is 228 g/mol. The lowest BCUT2D eigenvalue weighted by Gasteiger charge is -2.23. The van der Waals surface area contributed by atoms with Gasteiger partial charge in [0.25, 0.3) is 0 Å². The Morgan fingerprint density at radius 1 is 1.24 bits per heavy atom. The number of hydrogen-bond donors (Lipinski definition) is 1. The summed E-state index contributed by atoms with van der Waals surface area (Å²) in [4.78, 5) is 0. The van der Waals surface area contributed by atoms with Crippen LogP contribution in [0.1, 0.15) is 18.4 Å². The predicted molar refractivity (Wildman–Crippen MR) is 57.2 cm³/mol. The molecular formula is C12H13F2NO2. The van der Waals surface area contributed by atoms with Crippen molar-refractivity contribution < 1.29 is 18.3 Å². The molecule has 5 heteroatoms.